The molecule has 0 aliphatic heterocycles. The van der Waals surface area contributed by atoms with Gasteiger partial charge < -0.3 is 14.9 Å². The van der Waals surface area contributed by atoms with Gasteiger partial charge in [0.2, 0.25) is 0 Å². The summed E-state index contributed by atoms with van der Waals surface area (Å²) in [6.07, 6.45) is 3.80. The highest BCUT2D eigenvalue weighted by atomic mass is 16.5. The Bertz CT molecular complexity index is 262. The van der Waals surface area contributed by atoms with Crippen molar-refractivity contribution >= 4 is 0 Å². The Hall–Kier alpha value is -0.840. The number of furan rings is 1. The molecule has 0 fully saturated rings. The molecule has 4 heteroatoms. The number of nitrogens with two attached hydrogens (primary N) is 1. The second kappa shape index (κ2) is 9.22. The fraction of sp³-hybridized carbons (Fsp3) is 0.692. The first-order chi connectivity index (χ1) is 8.36. The molecule has 0 aliphatic carbocycles. The van der Waals surface area contributed by atoms with Crippen LogP contribution in [-0.4, -0.2) is 37.7 Å². The topological polar surface area (TPSA) is 51.6 Å². The third-order valence-electron chi connectivity index (χ3n) is 2.61. The molecule has 0 aromatic carbocycles. The van der Waals surface area contributed by atoms with Crippen LogP contribution >= 0.6 is 0 Å². The van der Waals surface area contributed by atoms with Gasteiger partial charge in [-0.1, -0.05) is 0 Å². The molecule has 98 valence electrons. The van der Waals surface area contributed by atoms with Crippen LogP contribution in [0.5, 0.6) is 0 Å². The Kier molecular flexibility index (Phi) is 7.71. The molecule has 0 unspecified atom stereocenters. The van der Waals surface area contributed by atoms with Crippen molar-refractivity contribution < 1.29 is 9.15 Å². The molecule has 1 aromatic rings. The van der Waals surface area contributed by atoms with E-state index in [4.69, 9.17) is 14.9 Å². The summed E-state index contributed by atoms with van der Waals surface area (Å²) in [5.41, 5.74) is 5.55. The molecule has 4 nitrogen and oxygen atoms in total. The van der Waals surface area contributed by atoms with E-state index in [1.54, 1.807) is 6.26 Å². The van der Waals surface area contributed by atoms with E-state index < -0.39 is 0 Å². The van der Waals surface area contributed by atoms with Crippen LogP contribution in [0, 0.1) is 0 Å². The van der Waals surface area contributed by atoms with Crippen LogP contribution in [0.1, 0.15) is 25.5 Å². The molecule has 0 aliphatic rings. The lowest BCUT2D eigenvalue weighted by Crippen LogP contribution is -2.27. The second-order valence-electron chi connectivity index (χ2n) is 4.05. The van der Waals surface area contributed by atoms with Gasteiger partial charge in [-0.25, -0.2) is 0 Å². The molecule has 0 atom stereocenters. The fourth-order valence-electron chi connectivity index (χ4n) is 1.74. The van der Waals surface area contributed by atoms with E-state index in [1.165, 1.54) is 0 Å². The zero-order valence-corrected chi connectivity index (χ0v) is 10.7. The maximum atomic E-state index is 5.55. The third kappa shape index (κ3) is 6.46. The van der Waals surface area contributed by atoms with Crippen LogP contribution in [-0.2, 0) is 11.3 Å². The van der Waals surface area contributed by atoms with Gasteiger partial charge in [-0.3, -0.25) is 4.90 Å². The lowest BCUT2D eigenvalue weighted by Gasteiger charge is -2.20. The third-order valence-corrected chi connectivity index (χ3v) is 2.61. The average molecular weight is 240 g/mol. The summed E-state index contributed by atoms with van der Waals surface area (Å²) >= 11 is 0. The van der Waals surface area contributed by atoms with Crippen molar-refractivity contribution in [3.05, 3.63) is 24.2 Å². The minimum absolute atomic E-state index is 0.736. The summed E-state index contributed by atoms with van der Waals surface area (Å²) in [5, 5.41) is 0. The van der Waals surface area contributed by atoms with Crippen LogP contribution in [0.25, 0.3) is 0 Å². The zero-order valence-electron chi connectivity index (χ0n) is 10.7. The van der Waals surface area contributed by atoms with Crippen molar-refractivity contribution in [2.75, 3.05) is 32.8 Å². The Morgan fingerprint density at radius 2 is 2.18 bits per heavy atom. The first-order valence-corrected chi connectivity index (χ1v) is 6.39. The van der Waals surface area contributed by atoms with Gasteiger partial charge in [0.05, 0.1) is 12.8 Å². The number of ether oxygens (including phenoxy) is 1. The normalized spacial score (nSPS) is 11.2. The minimum Gasteiger partial charge on any atom is -0.468 e. The predicted molar refractivity (Wildman–Crippen MR) is 68.8 cm³/mol. The SMILES string of the molecule is CCOCCCN(CCCN)Cc1ccco1. The van der Waals surface area contributed by atoms with Crippen molar-refractivity contribution in [1.29, 1.82) is 0 Å². The molecular weight excluding hydrogens is 216 g/mol. The van der Waals surface area contributed by atoms with E-state index in [0.717, 1.165) is 58.0 Å². The highest BCUT2D eigenvalue weighted by molar-refractivity contribution is 4.97. The molecule has 17 heavy (non-hydrogen) atoms. The van der Waals surface area contributed by atoms with Gasteiger partial charge in [0, 0.05) is 19.8 Å². The second-order valence-corrected chi connectivity index (χ2v) is 4.05. The van der Waals surface area contributed by atoms with Crippen molar-refractivity contribution in [2.24, 2.45) is 5.73 Å². The molecule has 1 aromatic heterocycles. The molecule has 0 amide bonds. The molecule has 2 N–H and O–H groups in total. The largest absolute Gasteiger partial charge is 0.468 e. The van der Waals surface area contributed by atoms with Crippen molar-refractivity contribution in [1.82, 2.24) is 4.90 Å². The Balaban J connectivity index is 2.26. The summed E-state index contributed by atoms with van der Waals surface area (Å²) in [6, 6.07) is 3.94. The molecule has 0 saturated carbocycles. The Labute approximate surface area is 104 Å². The summed E-state index contributed by atoms with van der Waals surface area (Å²) in [5.74, 6) is 1.01. The van der Waals surface area contributed by atoms with Crippen LogP contribution in [0.2, 0.25) is 0 Å². The first kappa shape index (κ1) is 14.2. The lowest BCUT2D eigenvalue weighted by molar-refractivity contribution is 0.128. The predicted octanol–water partition coefficient (Wildman–Crippen LogP) is 1.86. The van der Waals surface area contributed by atoms with Gasteiger partial charge in [0.25, 0.3) is 0 Å². The standard InChI is InChI=1S/C13H24N2O2/c1-2-16-10-5-9-15(8-4-7-14)12-13-6-3-11-17-13/h3,6,11H,2,4-5,7-10,12,14H2,1H3. The molecule has 1 heterocycles. The van der Waals surface area contributed by atoms with Gasteiger partial charge >= 0.3 is 0 Å². The van der Waals surface area contributed by atoms with E-state index in [0.29, 0.717) is 0 Å². The molecule has 1 rings (SSSR count). The van der Waals surface area contributed by atoms with Crippen LogP contribution in [0.4, 0.5) is 0 Å². The van der Waals surface area contributed by atoms with E-state index >= 15 is 0 Å². The maximum Gasteiger partial charge on any atom is 0.117 e. The quantitative estimate of drug-likeness (QED) is 0.634. The zero-order chi connectivity index (χ0) is 12.3. The van der Waals surface area contributed by atoms with Crippen LogP contribution in [0.15, 0.2) is 22.8 Å². The summed E-state index contributed by atoms with van der Waals surface area (Å²) in [6.45, 7) is 7.28. The van der Waals surface area contributed by atoms with E-state index in [-0.39, 0.29) is 0 Å². The van der Waals surface area contributed by atoms with Gasteiger partial charge in [-0.05, 0) is 45.0 Å². The molecule has 0 saturated heterocycles. The van der Waals surface area contributed by atoms with Crippen molar-refractivity contribution in [2.45, 2.75) is 26.3 Å². The monoisotopic (exact) mass is 240 g/mol. The number of rotatable bonds is 10. The summed E-state index contributed by atoms with van der Waals surface area (Å²) in [7, 11) is 0. The smallest absolute Gasteiger partial charge is 0.117 e. The molecule has 0 bridgehead atoms. The van der Waals surface area contributed by atoms with E-state index in [9.17, 15) is 0 Å². The number of nitrogens with zero attached hydrogens (tertiary/aromatic N) is 1. The summed E-state index contributed by atoms with van der Waals surface area (Å²) < 4.78 is 10.7. The average Bonchev–Trinajstić information content (AvgIpc) is 2.84. The van der Waals surface area contributed by atoms with Gasteiger partial charge in [-0.15, -0.1) is 0 Å². The number of hydrogen-bond acceptors (Lipinski definition) is 4. The number of hydrogen-bond donors (Lipinski definition) is 1. The van der Waals surface area contributed by atoms with Gasteiger partial charge in [0.1, 0.15) is 5.76 Å². The van der Waals surface area contributed by atoms with Gasteiger partial charge in [0.15, 0.2) is 0 Å². The van der Waals surface area contributed by atoms with Crippen molar-refractivity contribution in [3.63, 3.8) is 0 Å². The summed E-state index contributed by atoms with van der Waals surface area (Å²) in [4.78, 5) is 2.37. The minimum atomic E-state index is 0.736. The lowest BCUT2D eigenvalue weighted by atomic mass is 10.3. The van der Waals surface area contributed by atoms with Crippen LogP contribution in [0.3, 0.4) is 0 Å². The fourth-order valence-corrected chi connectivity index (χ4v) is 1.74. The van der Waals surface area contributed by atoms with Gasteiger partial charge in [-0.2, -0.15) is 0 Å². The highest BCUT2D eigenvalue weighted by Crippen LogP contribution is 2.06. The molecular formula is C13H24N2O2. The first-order valence-electron chi connectivity index (χ1n) is 6.39. The van der Waals surface area contributed by atoms with E-state index in [1.807, 2.05) is 19.1 Å². The Morgan fingerprint density at radius 1 is 1.35 bits per heavy atom. The maximum absolute atomic E-state index is 5.55. The van der Waals surface area contributed by atoms with Crippen molar-refractivity contribution in [3.8, 4) is 0 Å². The highest BCUT2D eigenvalue weighted by Gasteiger charge is 2.07. The molecule has 0 radical (unpaired) electrons. The van der Waals surface area contributed by atoms with Crippen LogP contribution < -0.4 is 5.73 Å². The molecule has 0 spiro atoms. The Morgan fingerprint density at radius 3 is 2.82 bits per heavy atom. The van der Waals surface area contributed by atoms with E-state index in [2.05, 4.69) is 4.90 Å².